The molecule has 20 heavy (non-hydrogen) atoms. The van der Waals surface area contributed by atoms with Gasteiger partial charge in [0.25, 0.3) is 0 Å². The largest absolute Gasteiger partial charge is 0.487 e. The highest BCUT2D eigenvalue weighted by Gasteiger charge is 2.48. The van der Waals surface area contributed by atoms with E-state index in [0.717, 1.165) is 35.6 Å². The van der Waals surface area contributed by atoms with Gasteiger partial charge in [-0.25, -0.2) is 0 Å². The molecule has 3 heteroatoms. The number of hydrogen-bond donors (Lipinski definition) is 1. The molecular formula is C17H24ClNO. The minimum Gasteiger partial charge on any atom is -0.487 e. The van der Waals surface area contributed by atoms with Gasteiger partial charge in [0.15, 0.2) is 0 Å². The summed E-state index contributed by atoms with van der Waals surface area (Å²) in [4.78, 5) is 0. The van der Waals surface area contributed by atoms with E-state index in [2.05, 4.69) is 20.8 Å². The molecule has 3 atom stereocenters. The van der Waals surface area contributed by atoms with Gasteiger partial charge >= 0.3 is 0 Å². The highest BCUT2D eigenvalue weighted by Crippen LogP contribution is 2.52. The summed E-state index contributed by atoms with van der Waals surface area (Å²) in [5.74, 6) is 1.61. The smallest absolute Gasteiger partial charge is 0.125 e. The van der Waals surface area contributed by atoms with E-state index in [1.165, 1.54) is 6.42 Å². The SMILES string of the molecule is CC1CC(C)(C)CC2(C1)C[C@@H](N)c1cc(Cl)ccc1O2. The lowest BCUT2D eigenvalue weighted by Gasteiger charge is -2.50. The van der Waals surface area contributed by atoms with E-state index in [-0.39, 0.29) is 11.6 Å². The van der Waals surface area contributed by atoms with Crippen LogP contribution in [0.4, 0.5) is 0 Å². The molecule has 0 bridgehead atoms. The van der Waals surface area contributed by atoms with Gasteiger partial charge in [0.2, 0.25) is 0 Å². The lowest BCUT2D eigenvalue weighted by atomic mass is 9.63. The third-order valence-electron chi connectivity index (χ3n) is 4.71. The van der Waals surface area contributed by atoms with Crippen molar-refractivity contribution in [3.05, 3.63) is 28.8 Å². The van der Waals surface area contributed by atoms with Gasteiger partial charge in [0.05, 0.1) is 0 Å². The van der Waals surface area contributed by atoms with Gasteiger partial charge in [-0.05, 0) is 48.8 Å². The maximum Gasteiger partial charge on any atom is 0.125 e. The minimum absolute atomic E-state index is 0.0264. The van der Waals surface area contributed by atoms with Crippen LogP contribution < -0.4 is 10.5 Å². The molecule has 1 aromatic rings. The first kappa shape index (κ1) is 14.2. The molecule has 2 nitrogen and oxygen atoms in total. The van der Waals surface area contributed by atoms with E-state index < -0.39 is 0 Å². The normalized spacial score (nSPS) is 35.5. The van der Waals surface area contributed by atoms with Crippen molar-refractivity contribution in [3.63, 3.8) is 0 Å². The predicted octanol–water partition coefficient (Wildman–Crippen LogP) is 4.71. The number of benzene rings is 1. The van der Waals surface area contributed by atoms with Crippen molar-refractivity contribution < 1.29 is 4.74 Å². The molecule has 0 saturated heterocycles. The van der Waals surface area contributed by atoms with Crippen LogP contribution in [0.25, 0.3) is 0 Å². The highest BCUT2D eigenvalue weighted by molar-refractivity contribution is 6.30. The summed E-state index contributed by atoms with van der Waals surface area (Å²) in [7, 11) is 0. The summed E-state index contributed by atoms with van der Waals surface area (Å²) >= 11 is 6.08. The van der Waals surface area contributed by atoms with Crippen molar-refractivity contribution >= 4 is 11.6 Å². The molecule has 110 valence electrons. The topological polar surface area (TPSA) is 35.2 Å². The Balaban J connectivity index is 1.96. The maximum absolute atomic E-state index is 6.45. The van der Waals surface area contributed by atoms with Crippen molar-refractivity contribution in [1.82, 2.24) is 0 Å². The first-order valence-corrected chi connectivity index (χ1v) is 7.91. The van der Waals surface area contributed by atoms with Gasteiger partial charge in [-0.3, -0.25) is 0 Å². The first-order chi connectivity index (χ1) is 9.29. The van der Waals surface area contributed by atoms with Gasteiger partial charge in [-0.15, -0.1) is 0 Å². The second-order valence-corrected chi connectivity index (χ2v) is 8.07. The average Bonchev–Trinajstić information content (AvgIpc) is 2.27. The average molecular weight is 294 g/mol. The second kappa shape index (κ2) is 4.64. The summed E-state index contributed by atoms with van der Waals surface area (Å²) in [5, 5.41) is 0.732. The lowest BCUT2D eigenvalue weighted by Crippen LogP contribution is -2.50. The first-order valence-electron chi connectivity index (χ1n) is 7.53. The molecule has 1 aliphatic carbocycles. The molecule has 1 fully saturated rings. The van der Waals surface area contributed by atoms with E-state index in [0.29, 0.717) is 11.3 Å². The Bertz CT molecular complexity index is 528. The highest BCUT2D eigenvalue weighted by atomic mass is 35.5. The van der Waals surface area contributed by atoms with Crippen molar-refractivity contribution in [2.45, 2.75) is 58.1 Å². The zero-order valence-corrected chi connectivity index (χ0v) is 13.3. The van der Waals surface area contributed by atoms with Crippen LogP contribution in [0.15, 0.2) is 18.2 Å². The number of ether oxygens (including phenoxy) is 1. The number of halogens is 1. The fourth-order valence-corrected chi connectivity index (χ4v) is 4.77. The Kier molecular flexibility index (Phi) is 3.30. The molecule has 1 aromatic carbocycles. The van der Waals surface area contributed by atoms with E-state index in [1.54, 1.807) is 0 Å². The van der Waals surface area contributed by atoms with Crippen molar-refractivity contribution in [2.75, 3.05) is 0 Å². The van der Waals surface area contributed by atoms with Gasteiger partial charge in [0, 0.05) is 23.0 Å². The second-order valence-electron chi connectivity index (χ2n) is 7.63. The molecule has 2 aliphatic rings. The number of hydrogen-bond acceptors (Lipinski definition) is 2. The van der Waals surface area contributed by atoms with Gasteiger partial charge < -0.3 is 10.5 Å². The summed E-state index contributed by atoms with van der Waals surface area (Å²) in [6.45, 7) is 7.02. The zero-order valence-electron chi connectivity index (χ0n) is 12.6. The maximum atomic E-state index is 6.45. The van der Waals surface area contributed by atoms with Gasteiger partial charge in [0.1, 0.15) is 11.4 Å². The van der Waals surface area contributed by atoms with Crippen LogP contribution in [0.1, 0.15) is 58.1 Å². The fraction of sp³-hybridized carbons (Fsp3) is 0.647. The van der Waals surface area contributed by atoms with E-state index in [1.807, 2.05) is 18.2 Å². The number of fused-ring (bicyclic) bond motifs is 1. The summed E-state index contributed by atoms with van der Waals surface area (Å²) < 4.78 is 6.45. The van der Waals surface area contributed by atoms with Crippen molar-refractivity contribution in [1.29, 1.82) is 0 Å². The van der Waals surface area contributed by atoms with Crippen LogP contribution in [-0.2, 0) is 0 Å². The van der Waals surface area contributed by atoms with E-state index in [4.69, 9.17) is 22.1 Å². The third kappa shape index (κ3) is 2.56. The minimum atomic E-state index is -0.0958. The molecule has 0 aromatic heterocycles. The quantitative estimate of drug-likeness (QED) is 0.752. The Morgan fingerprint density at radius 3 is 2.70 bits per heavy atom. The van der Waals surface area contributed by atoms with Crippen LogP contribution in [0.3, 0.4) is 0 Å². The van der Waals surface area contributed by atoms with E-state index in [9.17, 15) is 0 Å². The summed E-state index contributed by atoms with van der Waals surface area (Å²) in [6, 6.07) is 5.85. The third-order valence-corrected chi connectivity index (χ3v) is 4.95. The lowest BCUT2D eigenvalue weighted by molar-refractivity contribution is -0.0570. The van der Waals surface area contributed by atoms with Crippen LogP contribution in [0, 0.1) is 11.3 Å². The molecule has 2 N–H and O–H groups in total. The molecule has 0 radical (unpaired) electrons. The van der Waals surface area contributed by atoms with Gasteiger partial charge in [-0.2, -0.15) is 0 Å². The summed E-state index contributed by atoms with van der Waals surface area (Å²) in [5.41, 5.74) is 7.70. The van der Waals surface area contributed by atoms with Crippen LogP contribution in [-0.4, -0.2) is 5.60 Å². The molecule has 0 amide bonds. The molecule has 1 heterocycles. The Morgan fingerprint density at radius 1 is 1.25 bits per heavy atom. The van der Waals surface area contributed by atoms with Crippen LogP contribution >= 0.6 is 11.6 Å². The fourth-order valence-electron chi connectivity index (χ4n) is 4.59. The molecule has 1 aliphatic heterocycles. The number of rotatable bonds is 0. The molecule has 1 saturated carbocycles. The van der Waals surface area contributed by atoms with Crippen molar-refractivity contribution in [3.8, 4) is 5.75 Å². The van der Waals surface area contributed by atoms with E-state index >= 15 is 0 Å². The van der Waals surface area contributed by atoms with Crippen molar-refractivity contribution in [2.24, 2.45) is 17.1 Å². The Hall–Kier alpha value is -0.730. The molecule has 1 spiro atoms. The Morgan fingerprint density at radius 2 is 2.00 bits per heavy atom. The molecule has 3 rings (SSSR count). The monoisotopic (exact) mass is 293 g/mol. The molecular weight excluding hydrogens is 270 g/mol. The zero-order chi connectivity index (χ0) is 14.5. The van der Waals surface area contributed by atoms with Crippen LogP contribution in [0.5, 0.6) is 5.75 Å². The predicted molar refractivity (Wildman–Crippen MR) is 83.2 cm³/mol. The standard InChI is InChI=1S/C17H24ClNO/c1-11-7-16(2,3)10-17(8-11)9-14(19)13-6-12(18)4-5-15(13)20-17/h4-6,11,14H,7-10,19H2,1-3H3/t11?,14-,17?/m1/s1. The molecule has 2 unspecified atom stereocenters. The summed E-state index contributed by atoms with van der Waals surface area (Å²) in [6.07, 6.45) is 4.35. The Labute approximate surface area is 126 Å². The van der Waals surface area contributed by atoms with Gasteiger partial charge in [-0.1, -0.05) is 32.4 Å². The van der Waals surface area contributed by atoms with Crippen LogP contribution in [0.2, 0.25) is 5.02 Å². The number of nitrogens with two attached hydrogens (primary N) is 1.